The highest BCUT2D eigenvalue weighted by atomic mass is 16.2. The summed E-state index contributed by atoms with van der Waals surface area (Å²) >= 11 is 0. The number of anilines is 1. The lowest BCUT2D eigenvalue weighted by atomic mass is 9.95. The molecule has 0 radical (unpaired) electrons. The summed E-state index contributed by atoms with van der Waals surface area (Å²) in [4.78, 5) is 26.4. The second kappa shape index (κ2) is 8.91. The van der Waals surface area contributed by atoms with Crippen molar-refractivity contribution >= 4 is 17.5 Å². The third kappa shape index (κ3) is 5.21. The fourth-order valence-electron chi connectivity index (χ4n) is 3.69. The Kier molecular flexibility index (Phi) is 6.50. The van der Waals surface area contributed by atoms with Gasteiger partial charge in [0.2, 0.25) is 11.8 Å². The van der Waals surface area contributed by atoms with Crippen LogP contribution in [0.2, 0.25) is 0 Å². The number of likely N-dealkylation sites (tertiary alicyclic amines) is 1. The van der Waals surface area contributed by atoms with Crippen LogP contribution in [0.25, 0.3) is 0 Å². The molecule has 162 valence electrons. The van der Waals surface area contributed by atoms with E-state index in [0.29, 0.717) is 12.4 Å². The van der Waals surface area contributed by atoms with Gasteiger partial charge in [0.05, 0.1) is 5.92 Å². The first kappa shape index (κ1) is 21.9. The maximum absolute atomic E-state index is 12.7. The number of nitrogens with zero attached hydrogens (tertiary/aromatic N) is 5. The van der Waals surface area contributed by atoms with Crippen LogP contribution in [0, 0.1) is 5.92 Å². The van der Waals surface area contributed by atoms with Crippen molar-refractivity contribution < 1.29 is 9.59 Å². The number of nitrogens with two attached hydrogens (primary N) is 1. The van der Waals surface area contributed by atoms with Gasteiger partial charge in [-0.2, -0.15) is 0 Å². The number of nitrogens with one attached hydrogen (secondary N) is 1. The lowest BCUT2D eigenvalue weighted by Gasteiger charge is -2.31. The third-order valence-corrected chi connectivity index (χ3v) is 5.45. The minimum absolute atomic E-state index is 0.0666. The van der Waals surface area contributed by atoms with Crippen LogP contribution in [0.5, 0.6) is 0 Å². The fourth-order valence-corrected chi connectivity index (χ4v) is 3.69. The molecule has 0 aliphatic carbocycles. The molecule has 30 heavy (non-hydrogen) atoms. The van der Waals surface area contributed by atoms with Crippen molar-refractivity contribution in [3.63, 3.8) is 0 Å². The highest BCUT2D eigenvalue weighted by molar-refractivity contribution is 5.93. The van der Waals surface area contributed by atoms with Crippen LogP contribution in [0.1, 0.15) is 58.0 Å². The number of carbonyl (C=O) groups is 2. The Morgan fingerprint density at radius 1 is 1.27 bits per heavy atom. The molecule has 1 saturated heterocycles. The van der Waals surface area contributed by atoms with E-state index in [1.807, 2.05) is 45.0 Å². The molecule has 3 N–H and O–H groups in total. The zero-order valence-electron chi connectivity index (χ0n) is 18.1. The van der Waals surface area contributed by atoms with Crippen LogP contribution in [0.15, 0.2) is 24.3 Å². The van der Waals surface area contributed by atoms with Crippen molar-refractivity contribution in [3.05, 3.63) is 35.7 Å². The molecule has 1 aromatic carbocycles. The van der Waals surface area contributed by atoms with Crippen molar-refractivity contribution in [2.75, 3.05) is 18.4 Å². The Morgan fingerprint density at radius 2 is 1.97 bits per heavy atom. The van der Waals surface area contributed by atoms with Gasteiger partial charge >= 0.3 is 0 Å². The predicted molar refractivity (Wildman–Crippen MR) is 113 cm³/mol. The van der Waals surface area contributed by atoms with Crippen LogP contribution >= 0.6 is 0 Å². The van der Waals surface area contributed by atoms with Gasteiger partial charge in [0.15, 0.2) is 5.82 Å². The summed E-state index contributed by atoms with van der Waals surface area (Å²) in [6, 6.07) is 7.23. The average Bonchev–Trinajstić information content (AvgIpc) is 3.19. The number of amides is 2. The van der Waals surface area contributed by atoms with Crippen LogP contribution < -0.4 is 11.1 Å². The molecule has 3 rings (SSSR count). The fraction of sp³-hybridized carbons (Fsp3) is 0.571. The van der Waals surface area contributed by atoms with Gasteiger partial charge in [0, 0.05) is 24.2 Å². The van der Waals surface area contributed by atoms with Gasteiger partial charge in [-0.25, -0.2) is 4.68 Å². The normalized spacial score (nSPS) is 18.7. The smallest absolute Gasteiger partial charge is 0.249 e. The van der Waals surface area contributed by atoms with E-state index in [1.54, 1.807) is 11.6 Å². The zero-order valence-corrected chi connectivity index (χ0v) is 18.1. The number of carbonyl (C=O) groups excluding carboxylic acids is 2. The van der Waals surface area contributed by atoms with Gasteiger partial charge in [-0.1, -0.05) is 32.9 Å². The number of hydrogen-bond donors (Lipinski definition) is 2. The van der Waals surface area contributed by atoms with Gasteiger partial charge in [-0.15, -0.1) is 5.10 Å². The van der Waals surface area contributed by atoms with Gasteiger partial charge in [-0.3, -0.25) is 14.5 Å². The second-order valence-corrected chi connectivity index (χ2v) is 9.04. The van der Waals surface area contributed by atoms with Crippen molar-refractivity contribution in [2.24, 2.45) is 11.7 Å². The molecule has 9 nitrogen and oxygen atoms in total. The molecule has 2 amide bonds. The van der Waals surface area contributed by atoms with E-state index in [9.17, 15) is 9.59 Å². The Balaban J connectivity index is 1.60. The van der Waals surface area contributed by atoms with E-state index >= 15 is 0 Å². The predicted octanol–water partition coefficient (Wildman–Crippen LogP) is 1.87. The molecule has 0 spiro atoms. The highest BCUT2D eigenvalue weighted by Crippen LogP contribution is 2.23. The molecular weight excluding hydrogens is 382 g/mol. The molecule has 1 fully saturated rings. The van der Waals surface area contributed by atoms with Crippen LogP contribution in [-0.2, 0) is 21.5 Å². The minimum Gasteiger partial charge on any atom is -0.369 e. The van der Waals surface area contributed by atoms with Crippen molar-refractivity contribution in [1.82, 2.24) is 25.1 Å². The van der Waals surface area contributed by atoms with Gasteiger partial charge in [0.25, 0.3) is 0 Å². The van der Waals surface area contributed by atoms with Crippen molar-refractivity contribution in [1.29, 1.82) is 0 Å². The third-order valence-electron chi connectivity index (χ3n) is 5.45. The second-order valence-electron chi connectivity index (χ2n) is 9.04. The maximum Gasteiger partial charge on any atom is 0.249 e. The molecule has 1 aromatic heterocycles. The molecule has 0 unspecified atom stereocenters. The Bertz CT molecular complexity index is 886. The van der Waals surface area contributed by atoms with E-state index in [4.69, 9.17) is 5.73 Å². The van der Waals surface area contributed by atoms with E-state index < -0.39 is 6.04 Å². The van der Waals surface area contributed by atoms with E-state index in [-0.39, 0.29) is 23.1 Å². The van der Waals surface area contributed by atoms with Gasteiger partial charge in [-0.05, 0) is 54.4 Å². The van der Waals surface area contributed by atoms with Crippen LogP contribution in [0.3, 0.4) is 0 Å². The minimum atomic E-state index is -0.534. The summed E-state index contributed by atoms with van der Waals surface area (Å²) in [6.45, 7) is 10.2. The maximum atomic E-state index is 12.7. The first-order valence-electron chi connectivity index (χ1n) is 10.3. The number of tetrazole rings is 1. The molecule has 1 aliphatic heterocycles. The number of aromatic nitrogens is 4. The summed E-state index contributed by atoms with van der Waals surface area (Å²) in [5.74, 6) is 0.198. The van der Waals surface area contributed by atoms with Crippen LogP contribution in [-0.4, -0.2) is 50.0 Å². The van der Waals surface area contributed by atoms with E-state index in [1.165, 1.54) is 0 Å². The highest BCUT2D eigenvalue weighted by Gasteiger charge is 2.27. The van der Waals surface area contributed by atoms with Crippen molar-refractivity contribution in [3.8, 4) is 0 Å². The first-order valence-corrected chi connectivity index (χ1v) is 10.3. The van der Waals surface area contributed by atoms with Crippen LogP contribution in [0.4, 0.5) is 5.69 Å². The Hall–Kier alpha value is -2.81. The lowest BCUT2D eigenvalue weighted by molar-refractivity contribution is -0.123. The molecule has 0 saturated carbocycles. The summed E-state index contributed by atoms with van der Waals surface area (Å²) in [6.07, 6.45) is 1.85. The standard InChI is InChI=1S/C21H31N7O2/c1-14(28-20(21(2,3)4)24-25-26-28)19(30)23-17-9-7-15(8-10-17)12-27-11-5-6-16(13-27)18(22)29/h7-10,14,16H,5-6,11-13H2,1-4H3,(H2,22,29)(H,23,30)/t14-,16-/m1/s1. The van der Waals surface area contributed by atoms with Crippen molar-refractivity contribution in [2.45, 2.75) is 58.5 Å². The lowest BCUT2D eigenvalue weighted by Crippen LogP contribution is -2.40. The molecule has 0 bridgehead atoms. The molecular formula is C21H31N7O2. The SMILES string of the molecule is C[C@H](C(=O)Nc1ccc(CN2CCC[C@@H](C(N)=O)C2)cc1)n1nnnc1C(C)(C)C. The molecule has 2 atom stereocenters. The first-order chi connectivity index (χ1) is 14.1. The summed E-state index contributed by atoms with van der Waals surface area (Å²) in [5, 5.41) is 14.7. The number of benzene rings is 1. The number of rotatable bonds is 6. The zero-order chi connectivity index (χ0) is 21.9. The quantitative estimate of drug-likeness (QED) is 0.746. The molecule has 2 aromatic rings. The summed E-state index contributed by atoms with van der Waals surface area (Å²) < 4.78 is 1.56. The average molecular weight is 414 g/mol. The number of hydrogen-bond acceptors (Lipinski definition) is 6. The van der Waals surface area contributed by atoms with Gasteiger partial charge < -0.3 is 11.1 Å². The Morgan fingerprint density at radius 3 is 2.60 bits per heavy atom. The number of piperidine rings is 1. The largest absolute Gasteiger partial charge is 0.369 e. The number of primary amides is 1. The topological polar surface area (TPSA) is 119 Å². The molecule has 2 heterocycles. The summed E-state index contributed by atoms with van der Waals surface area (Å²) in [7, 11) is 0. The molecule has 1 aliphatic rings. The Labute approximate surface area is 177 Å². The monoisotopic (exact) mass is 413 g/mol. The van der Waals surface area contributed by atoms with E-state index in [0.717, 1.165) is 37.2 Å². The van der Waals surface area contributed by atoms with Gasteiger partial charge in [0.1, 0.15) is 6.04 Å². The molecule has 9 heteroatoms. The summed E-state index contributed by atoms with van der Waals surface area (Å²) in [5.41, 5.74) is 7.04. The van der Waals surface area contributed by atoms with E-state index in [2.05, 4.69) is 25.7 Å².